The molecule has 0 saturated carbocycles. The van der Waals surface area contributed by atoms with E-state index in [0.29, 0.717) is 17.5 Å². The van der Waals surface area contributed by atoms with E-state index < -0.39 is 36.5 Å². The highest BCUT2D eigenvalue weighted by Crippen LogP contribution is 2.31. The van der Waals surface area contributed by atoms with Crippen LogP contribution in [0.15, 0.2) is 24.3 Å². The molecule has 8 nitrogen and oxygen atoms in total. The molecule has 0 bridgehead atoms. The molecule has 0 aromatic heterocycles. The second-order valence-corrected chi connectivity index (χ2v) is 9.15. The van der Waals surface area contributed by atoms with Crippen LogP contribution in [0.25, 0.3) is 0 Å². The lowest BCUT2D eigenvalue weighted by atomic mass is 9.98. The van der Waals surface area contributed by atoms with Crippen LogP contribution >= 0.6 is 0 Å². The summed E-state index contributed by atoms with van der Waals surface area (Å²) in [6, 6.07) is 7.15. The number of nitrogens with zero attached hydrogens (tertiary/aromatic N) is 1. The number of unbranched alkanes of at least 4 members (excludes halogenated alkanes) is 1. The van der Waals surface area contributed by atoms with E-state index in [1.165, 1.54) is 6.42 Å². The number of benzene rings is 1. The number of ether oxygens (including phenoxy) is 4. The van der Waals surface area contributed by atoms with E-state index in [4.69, 9.17) is 18.9 Å². The van der Waals surface area contributed by atoms with Crippen molar-refractivity contribution < 1.29 is 33.6 Å². The first-order valence-corrected chi connectivity index (χ1v) is 12.2. The van der Waals surface area contributed by atoms with Gasteiger partial charge in [0.25, 0.3) is 0 Å². The molecule has 3 saturated heterocycles. The minimum Gasteiger partial charge on any atom is -0.457 e. The number of likely N-dealkylation sites (tertiary alicyclic amines) is 1. The quantitative estimate of drug-likeness (QED) is 0.561. The number of carbonyl (C=O) groups excluding carboxylic acids is 2. The van der Waals surface area contributed by atoms with Crippen molar-refractivity contribution in [2.75, 3.05) is 32.8 Å². The molecule has 4 rings (SSSR count). The summed E-state index contributed by atoms with van der Waals surface area (Å²) in [6.07, 6.45) is 3.15. The van der Waals surface area contributed by atoms with Gasteiger partial charge in [0, 0.05) is 5.56 Å². The number of fused-ring (bicyclic) bond motifs is 1. The van der Waals surface area contributed by atoms with E-state index in [1.54, 1.807) is 12.1 Å². The van der Waals surface area contributed by atoms with E-state index in [2.05, 4.69) is 11.8 Å². The SMILES string of the molecule is CCCCC(OC(=O)CN1CCCCC1)c1ccccc1C(=O)OC1CO[C@@H]2[C@H](O)CO[C@H]12. The molecule has 0 radical (unpaired) electrons. The van der Waals surface area contributed by atoms with Crippen molar-refractivity contribution in [2.24, 2.45) is 0 Å². The van der Waals surface area contributed by atoms with Gasteiger partial charge in [-0.3, -0.25) is 9.69 Å². The average molecular weight is 462 g/mol. The van der Waals surface area contributed by atoms with E-state index in [9.17, 15) is 14.7 Å². The molecule has 2 unspecified atom stereocenters. The van der Waals surface area contributed by atoms with Crippen molar-refractivity contribution in [1.29, 1.82) is 0 Å². The third kappa shape index (κ3) is 5.93. The fourth-order valence-electron chi connectivity index (χ4n) is 4.87. The molecule has 3 fully saturated rings. The van der Waals surface area contributed by atoms with Crippen LogP contribution in [0.4, 0.5) is 0 Å². The molecule has 0 amide bonds. The summed E-state index contributed by atoms with van der Waals surface area (Å²) in [5.41, 5.74) is 1.04. The Labute approximate surface area is 195 Å². The minimum atomic E-state index is -0.705. The first-order chi connectivity index (χ1) is 16.1. The Morgan fingerprint density at radius 1 is 1.12 bits per heavy atom. The van der Waals surface area contributed by atoms with Gasteiger partial charge in [0.2, 0.25) is 0 Å². The molecule has 8 heteroatoms. The lowest BCUT2D eigenvalue weighted by Crippen LogP contribution is -2.36. The zero-order valence-corrected chi connectivity index (χ0v) is 19.3. The maximum atomic E-state index is 13.1. The third-order valence-electron chi connectivity index (χ3n) is 6.66. The van der Waals surface area contributed by atoms with Crippen molar-refractivity contribution in [3.8, 4) is 0 Å². The van der Waals surface area contributed by atoms with Gasteiger partial charge in [0.1, 0.15) is 24.4 Å². The van der Waals surface area contributed by atoms with Crippen molar-refractivity contribution in [2.45, 2.75) is 76.0 Å². The minimum absolute atomic E-state index is 0.173. The van der Waals surface area contributed by atoms with Crippen LogP contribution in [0.3, 0.4) is 0 Å². The van der Waals surface area contributed by atoms with Gasteiger partial charge in [-0.15, -0.1) is 0 Å². The predicted molar refractivity (Wildman–Crippen MR) is 120 cm³/mol. The van der Waals surface area contributed by atoms with Gasteiger partial charge in [-0.1, -0.05) is 38.0 Å². The summed E-state index contributed by atoms with van der Waals surface area (Å²) in [5, 5.41) is 9.93. The number of carbonyl (C=O) groups is 2. The van der Waals surface area contributed by atoms with E-state index in [0.717, 1.165) is 38.8 Å². The molecule has 5 atom stereocenters. The van der Waals surface area contributed by atoms with Crippen LogP contribution in [-0.2, 0) is 23.7 Å². The zero-order valence-electron chi connectivity index (χ0n) is 19.3. The molecule has 3 aliphatic rings. The number of hydrogen-bond donors (Lipinski definition) is 1. The number of aliphatic hydroxyl groups excluding tert-OH is 1. The summed E-state index contributed by atoms with van der Waals surface area (Å²) in [6.45, 7) is 4.55. The summed E-state index contributed by atoms with van der Waals surface area (Å²) in [7, 11) is 0. The topological polar surface area (TPSA) is 94.5 Å². The predicted octanol–water partition coefficient (Wildman–Crippen LogP) is 2.63. The van der Waals surface area contributed by atoms with Gasteiger partial charge < -0.3 is 24.1 Å². The Balaban J connectivity index is 1.45. The molecule has 1 aromatic carbocycles. The van der Waals surface area contributed by atoms with Gasteiger partial charge in [0.15, 0.2) is 6.10 Å². The molecule has 1 N–H and O–H groups in total. The molecule has 0 aliphatic carbocycles. The molecule has 1 aromatic rings. The van der Waals surface area contributed by atoms with E-state index in [1.807, 2.05) is 12.1 Å². The highest BCUT2D eigenvalue weighted by molar-refractivity contribution is 5.91. The number of rotatable bonds is 9. The Hall–Kier alpha value is -2.00. The second-order valence-electron chi connectivity index (χ2n) is 9.15. The van der Waals surface area contributed by atoms with Crippen molar-refractivity contribution >= 4 is 11.9 Å². The first kappa shape index (κ1) is 24.1. The van der Waals surface area contributed by atoms with Gasteiger partial charge in [-0.05, 0) is 44.8 Å². The van der Waals surface area contributed by atoms with Crippen molar-refractivity contribution in [1.82, 2.24) is 4.90 Å². The fourth-order valence-corrected chi connectivity index (χ4v) is 4.87. The Morgan fingerprint density at radius 3 is 2.67 bits per heavy atom. The highest BCUT2D eigenvalue weighted by Gasteiger charge is 2.49. The second kappa shape index (κ2) is 11.4. The van der Waals surface area contributed by atoms with Crippen molar-refractivity contribution in [3.05, 3.63) is 35.4 Å². The molecular weight excluding hydrogens is 426 g/mol. The fraction of sp³-hybridized carbons (Fsp3) is 0.680. The van der Waals surface area contributed by atoms with Crippen LogP contribution < -0.4 is 0 Å². The molecule has 3 aliphatic heterocycles. The Bertz CT molecular complexity index is 810. The molecule has 0 spiro atoms. The summed E-state index contributed by atoms with van der Waals surface area (Å²) < 4.78 is 22.8. The summed E-state index contributed by atoms with van der Waals surface area (Å²) >= 11 is 0. The standard InChI is InChI=1S/C25H35NO7/c1-2-3-11-20(32-22(28)14-26-12-7-4-8-13-26)17-9-5-6-10-18(17)25(29)33-21-16-31-23-19(27)15-30-24(21)23/h5-6,9-10,19-21,23-24,27H,2-4,7-8,11-16H2,1H3/t19-,20?,21?,23-,24-/m1/s1. The number of piperidine rings is 1. The lowest BCUT2D eigenvalue weighted by molar-refractivity contribution is -0.151. The van der Waals surface area contributed by atoms with Crippen LogP contribution in [-0.4, -0.2) is 79.2 Å². The first-order valence-electron chi connectivity index (χ1n) is 12.2. The average Bonchev–Trinajstić information content (AvgIpc) is 3.40. The Morgan fingerprint density at radius 2 is 1.88 bits per heavy atom. The van der Waals surface area contributed by atoms with Crippen LogP contribution in [0.2, 0.25) is 0 Å². The number of hydrogen-bond acceptors (Lipinski definition) is 8. The van der Waals surface area contributed by atoms with Gasteiger partial charge in [-0.2, -0.15) is 0 Å². The largest absolute Gasteiger partial charge is 0.457 e. The zero-order chi connectivity index (χ0) is 23.2. The summed E-state index contributed by atoms with van der Waals surface area (Å²) in [4.78, 5) is 28.0. The third-order valence-corrected chi connectivity index (χ3v) is 6.66. The van der Waals surface area contributed by atoms with Crippen LogP contribution in [0, 0.1) is 0 Å². The number of esters is 2. The molecule has 33 heavy (non-hydrogen) atoms. The Kier molecular flexibility index (Phi) is 8.35. The number of aliphatic hydroxyl groups is 1. The molecule has 182 valence electrons. The van der Waals surface area contributed by atoms with E-state index >= 15 is 0 Å². The summed E-state index contributed by atoms with van der Waals surface area (Å²) in [5.74, 6) is -0.764. The maximum absolute atomic E-state index is 13.1. The van der Waals surface area contributed by atoms with E-state index in [-0.39, 0.29) is 25.7 Å². The van der Waals surface area contributed by atoms with Gasteiger partial charge in [0.05, 0.1) is 25.3 Å². The monoisotopic (exact) mass is 461 g/mol. The lowest BCUT2D eigenvalue weighted by Gasteiger charge is -2.27. The van der Waals surface area contributed by atoms with Crippen LogP contribution in [0.1, 0.15) is 67.5 Å². The van der Waals surface area contributed by atoms with Gasteiger partial charge in [-0.25, -0.2) is 4.79 Å². The normalized spacial score (nSPS) is 28.3. The smallest absolute Gasteiger partial charge is 0.339 e. The van der Waals surface area contributed by atoms with Gasteiger partial charge >= 0.3 is 11.9 Å². The molecule has 3 heterocycles. The van der Waals surface area contributed by atoms with Crippen LogP contribution in [0.5, 0.6) is 0 Å². The molecular formula is C25H35NO7. The van der Waals surface area contributed by atoms with Crippen molar-refractivity contribution in [3.63, 3.8) is 0 Å². The maximum Gasteiger partial charge on any atom is 0.339 e. The highest BCUT2D eigenvalue weighted by atomic mass is 16.6.